The highest BCUT2D eigenvalue weighted by Crippen LogP contribution is 2.13. The van der Waals surface area contributed by atoms with Crippen molar-refractivity contribution in [2.75, 3.05) is 19.6 Å². The van der Waals surface area contributed by atoms with Gasteiger partial charge in [-0.3, -0.25) is 9.59 Å². The third-order valence-electron chi connectivity index (χ3n) is 3.75. The second kappa shape index (κ2) is 6.19. The summed E-state index contributed by atoms with van der Waals surface area (Å²) in [5, 5.41) is 3.30. The van der Waals surface area contributed by atoms with Gasteiger partial charge in [0.05, 0.1) is 6.54 Å². The monoisotopic (exact) mass is 301 g/mol. The van der Waals surface area contributed by atoms with E-state index < -0.39 is 0 Å². The lowest BCUT2D eigenvalue weighted by molar-refractivity contribution is 0.0675. The second-order valence-electron chi connectivity index (χ2n) is 5.54. The molecule has 22 heavy (non-hydrogen) atoms. The van der Waals surface area contributed by atoms with Gasteiger partial charge in [-0.25, -0.2) is 0 Å². The average Bonchev–Trinajstić information content (AvgIpc) is 2.97. The summed E-state index contributed by atoms with van der Waals surface area (Å²) in [6, 6.07) is 8.70. The van der Waals surface area contributed by atoms with Crippen molar-refractivity contribution in [1.82, 2.24) is 14.8 Å². The van der Waals surface area contributed by atoms with Crippen molar-refractivity contribution in [2.45, 2.75) is 19.5 Å². The summed E-state index contributed by atoms with van der Waals surface area (Å²) >= 11 is 0. The van der Waals surface area contributed by atoms with Crippen molar-refractivity contribution in [3.8, 4) is 0 Å². The van der Waals surface area contributed by atoms with Crippen LogP contribution in [0.25, 0.3) is 0 Å². The van der Waals surface area contributed by atoms with Crippen LogP contribution < -0.4 is 10.9 Å². The highest BCUT2D eigenvalue weighted by molar-refractivity contribution is 5.91. The number of nitrogens with zero attached hydrogens (tertiary/aromatic N) is 2. The average molecular weight is 301 g/mol. The van der Waals surface area contributed by atoms with Gasteiger partial charge in [-0.1, -0.05) is 6.07 Å². The van der Waals surface area contributed by atoms with Gasteiger partial charge in [0.1, 0.15) is 5.76 Å². The molecule has 1 N–H and O–H groups in total. The van der Waals surface area contributed by atoms with Crippen LogP contribution in [-0.2, 0) is 6.54 Å². The van der Waals surface area contributed by atoms with Gasteiger partial charge in [-0.15, -0.1) is 0 Å². The van der Waals surface area contributed by atoms with Crippen LogP contribution in [0.4, 0.5) is 0 Å². The van der Waals surface area contributed by atoms with E-state index in [1.165, 1.54) is 6.07 Å². The maximum Gasteiger partial charge on any atom is 0.289 e. The topological polar surface area (TPSA) is 67.5 Å². The van der Waals surface area contributed by atoms with E-state index in [-0.39, 0.29) is 17.5 Å². The fourth-order valence-electron chi connectivity index (χ4n) is 2.61. The number of hydrogen-bond acceptors (Lipinski definition) is 4. The van der Waals surface area contributed by atoms with Gasteiger partial charge >= 0.3 is 0 Å². The molecule has 0 aromatic carbocycles. The van der Waals surface area contributed by atoms with E-state index >= 15 is 0 Å². The molecule has 1 saturated heterocycles. The summed E-state index contributed by atoms with van der Waals surface area (Å²) in [7, 11) is 0. The number of hydrogen-bond donors (Lipinski definition) is 1. The molecule has 116 valence electrons. The maximum absolute atomic E-state index is 12.4. The van der Waals surface area contributed by atoms with Crippen molar-refractivity contribution in [1.29, 1.82) is 0 Å². The minimum atomic E-state index is -0.0972. The summed E-state index contributed by atoms with van der Waals surface area (Å²) in [6.07, 6.45) is 1.70. The largest absolute Gasteiger partial charge is 0.454 e. The molecular weight excluding hydrogens is 282 g/mol. The lowest BCUT2D eigenvalue weighted by Gasteiger charge is -2.31. The lowest BCUT2D eigenvalue weighted by Crippen LogP contribution is -2.51. The van der Waals surface area contributed by atoms with Crippen molar-refractivity contribution >= 4 is 5.91 Å². The Kier molecular flexibility index (Phi) is 4.11. The van der Waals surface area contributed by atoms with Gasteiger partial charge in [-0.2, -0.15) is 0 Å². The zero-order valence-electron chi connectivity index (χ0n) is 12.5. The zero-order valence-corrected chi connectivity index (χ0v) is 12.5. The SMILES string of the molecule is CC1CN(C(=O)c2ccc(Cn3ccccc3=O)o2)CCN1. The minimum Gasteiger partial charge on any atom is -0.454 e. The fraction of sp³-hybridized carbons (Fsp3) is 0.375. The molecule has 0 saturated carbocycles. The second-order valence-corrected chi connectivity index (χ2v) is 5.54. The van der Waals surface area contributed by atoms with Crippen LogP contribution in [0.1, 0.15) is 23.2 Å². The molecule has 1 aliphatic rings. The minimum absolute atomic E-state index is 0.0947. The molecule has 1 fully saturated rings. The van der Waals surface area contributed by atoms with Crippen LogP contribution >= 0.6 is 0 Å². The summed E-state index contributed by atoms with van der Waals surface area (Å²) in [5.41, 5.74) is -0.0947. The van der Waals surface area contributed by atoms with Crippen LogP contribution in [0.15, 0.2) is 45.7 Å². The first-order valence-electron chi connectivity index (χ1n) is 7.40. The van der Waals surface area contributed by atoms with Gasteiger partial charge in [0.15, 0.2) is 5.76 Å². The molecule has 1 aliphatic heterocycles. The summed E-state index contributed by atoms with van der Waals surface area (Å²) in [6.45, 7) is 4.52. The van der Waals surface area contributed by atoms with E-state index in [0.29, 0.717) is 31.2 Å². The number of carbonyl (C=O) groups excluding carboxylic acids is 1. The molecule has 0 radical (unpaired) electrons. The number of nitrogens with one attached hydrogen (secondary N) is 1. The van der Waals surface area contributed by atoms with E-state index in [4.69, 9.17) is 4.42 Å². The molecule has 1 unspecified atom stereocenters. The van der Waals surface area contributed by atoms with E-state index in [2.05, 4.69) is 12.2 Å². The van der Waals surface area contributed by atoms with Gasteiger partial charge in [0.2, 0.25) is 0 Å². The number of rotatable bonds is 3. The molecular formula is C16H19N3O3. The first-order chi connectivity index (χ1) is 10.6. The van der Waals surface area contributed by atoms with Crippen molar-refractivity contribution < 1.29 is 9.21 Å². The Bertz CT molecular complexity index is 719. The predicted molar refractivity (Wildman–Crippen MR) is 81.9 cm³/mol. The Labute approximate surface area is 128 Å². The number of furan rings is 1. The molecule has 1 amide bonds. The Hall–Kier alpha value is -2.34. The molecule has 0 aliphatic carbocycles. The van der Waals surface area contributed by atoms with Gasteiger partial charge < -0.3 is 19.2 Å². The molecule has 0 spiro atoms. The first-order valence-corrected chi connectivity index (χ1v) is 7.40. The highest BCUT2D eigenvalue weighted by Gasteiger charge is 2.23. The lowest BCUT2D eigenvalue weighted by atomic mass is 10.2. The van der Waals surface area contributed by atoms with E-state index in [1.54, 1.807) is 39.9 Å². The number of carbonyl (C=O) groups is 1. The number of aromatic nitrogens is 1. The van der Waals surface area contributed by atoms with Gasteiger partial charge in [-0.05, 0) is 25.1 Å². The van der Waals surface area contributed by atoms with Crippen LogP contribution in [0.5, 0.6) is 0 Å². The molecule has 6 heteroatoms. The third-order valence-corrected chi connectivity index (χ3v) is 3.75. The molecule has 2 aromatic heterocycles. The van der Waals surface area contributed by atoms with Crippen LogP contribution in [0.3, 0.4) is 0 Å². The van der Waals surface area contributed by atoms with Gasteiger partial charge in [0.25, 0.3) is 11.5 Å². The van der Waals surface area contributed by atoms with Crippen molar-refractivity contribution in [3.63, 3.8) is 0 Å². The van der Waals surface area contributed by atoms with Crippen molar-refractivity contribution in [2.24, 2.45) is 0 Å². The molecule has 2 aromatic rings. The Balaban J connectivity index is 1.72. The summed E-state index contributed by atoms with van der Waals surface area (Å²) in [4.78, 5) is 25.9. The molecule has 6 nitrogen and oxygen atoms in total. The maximum atomic E-state index is 12.4. The smallest absolute Gasteiger partial charge is 0.289 e. The Morgan fingerprint density at radius 1 is 1.36 bits per heavy atom. The first kappa shape index (κ1) is 14.6. The highest BCUT2D eigenvalue weighted by atomic mass is 16.4. The van der Waals surface area contributed by atoms with Gasteiger partial charge in [0, 0.05) is 37.9 Å². The fourth-order valence-corrected chi connectivity index (χ4v) is 2.61. The quantitative estimate of drug-likeness (QED) is 0.915. The summed E-state index contributed by atoms with van der Waals surface area (Å²) in [5.74, 6) is 0.827. The van der Waals surface area contributed by atoms with E-state index in [1.807, 2.05) is 0 Å². The number of pyridine rings is 1. The van der Waals surface area contributed by atoms with Crippen LogP contribution in [0.2, 0.25) is 0 Å². The molecule has 1 atom stereocenters. The number of amides is 1. The normalized spacial score (nSPS) is 18.4. The molecule has 3 rings (SSSR count). The third kappa shape index (κ3) is 3.12. The van der Waals surface area contributed by atoms with Crippen LogP contribution in [0, 0.1) is 0 Å². The van der Waals surface area contributed by atoms with E-state index in [9.17, 15) is 9.59 Å². The Morgan fingerprint density at radius 3 is 3.00 bits per heavy atom. The molecule has 0 bridgehead atoms. The van der Waals surface area contributed by atoms with Crippen molar-refractivity contribution in [3.05, 3.63) is 58.4 Å². The Morgan fingerprint density at radius 2 is 2.23 bits per heavy atom. The van der Waals surface area contributed by atoms with E-state index in [0.717, 1.165) is 6.54 Å². The number of piperazine rings is 1. The standard InChI is InChI=1S/C16H19N3O3/c1-12-10-19(9-7-17-12)16(21)14-6-5-13(22-14)11-18-8-3-2-4-15(18)20/h2-6,8,12,17H,7,9-11H2,1H3. The summed E-state index contributed by atoms with van der Waals surface area (Å²) < 4.78 is 7.16. The van der Waals surface area contributed by atoms with Crippen LogP contribution in [-0.4, -0.2) is 41.1 Å². The zero-order chi connectivity index (χ0) is 15.5. The predicted octanol–water partition coefficient (Wildman–Crippen LogP) is 0.923. The molecule has 3 heterocycles.